The third-order valence-electron chi connectivity index (χ3n) is 8.38. The topological polar surface area (TPSA) is 121 Å². The number of carbonyl (C=O) groups excluding carboxylic acids is 1. The highest BCUT2D eigenvalue weighted by atomic mass is 16.7. The van der Waals surface area contributed by atoms with E-state index in [2.05, 4.69) is 20.5 Å². The van der Waals surface area contributed by atoms with Gasteiger partial charge >= 0.3 is 11.7 Å². The van der Waals surface area contributed by atoms with Gasteiger partial charge in [0.25, 0.3) is 0 Å². The molecule has 226 valence electrons. The van der Waals surface area contributed by atoms with Gasteiger partial charge in [-0.3, -0.25) is 4.57 Å². The van der Waals surface area contributed by atoms with E-state index in [1.165, 1.54) is 0 Å². The van der Waals surface area contributed by atoms with Gasteiger partial charge in [0.05, 0.1) is 29.8 Å². The molecule has 3 aromatic carbocycles. The number of nitrogens with one attached hydrogen (secondary N) is 3. The van der Waals surface area contributed by atoms with Crippen molar-refractivity contribution in [1.82, 2.24) is 19.8 Å². The molecule has 0 aliphatic carbocycles. The first-order valence-corrected chi connectivity index (χ1v) is 15.1. The van der Waals surface area contributed by atoms with Gasteiger partial charge in [-0.2, -0.15) is 0 Å². The van der Waals surface area contributed by atoms with Gasteiger partial charge in [0.15, 0.2) is 6.29 Å². The van der Waals surface area contributed by atoms with Crippen molar-refractivity contribution in [2.75, 3.05) is 31.5 Å². The third kappa shape index (κ3) is 6.67. The molecular formula is C33H39N5O5. The number of hydrogen-bond donors (Lipinski definition) is 4. The highest BCUT2D eigenvalue weighted by Gasteiger charge is 2.34. The number of para-hydroxylation sites is 2. The molecule has 43 heavy (non-hydrogen) atoms. The fraction of sp³-hybridized carbons (Fsp3) is 0.394. The first kappa shape index (κ1) is 29.1. The zero-order valence-electron chi connectivity index (χ0n) is 24.4. The lowest BCUT2D eigenvalue weighted by Crippen LogP contribution is -2.43. The number of ether oxygens (including phenoxy) is 2. The molecule has 3 atom stereocenters. The summed E-state index contributed by atoms with van der Waals surface area (Å²) in [7, 11) is 0. The van der Waals surface area contributed by atoms with Gasteiger partial charge in [-0.05, 0) is 55.2 Å². The van der Waals surface area contributed by atoms with E-state index in [9.17, 15) is 14.7 Å². The molecule has 4 aromatic rings. The Hall–Kier alpha value is -3.96. The molecule has 0 spiro atoms. The molecule has 2 saturated heterocycles. The maximum atomic E-state index is 12.8. The van der Waals surface area contributed by atoms with Crippen molar-refractivity contribution in [3.8, 4) is 0 Å². The van der Waals surface area contributed by atoms with Crippen molar-refractivity contribution in [3.63, 3.8) is 0 Å². The first-order valence-electron chi connectivity index (χ1n) is 15.1. The number of aliphatic hydroxyl groups is 1. The number of fused-ring (bicyclic) bond motifs is 1. The second-order valence-corrected chi connectivity index (χ2v) is 11.3. The summed E-state index contributed by atoms with van der Waals surface area (Å²) in [4.78, 5) is 30.3. The van der Waals surface area contributed by atoms with Crippen molar-refractivity contribution < 1.29 is 19.4 Å². The summed E-state index contributed by atoms with van der Waals surface area (Å²) in [6, 6.07) is 23.2. The molecule has 2 amide bonds. The Morgan fingerprint density at radius 1 is 1.00 bits per heavy atom. The molecule has 0 bridgehead atoms. The average molecular weight is 586 g/mol. The molecule has 2 aliphatic heterocycles. The Labute approximate surface area is 250 Å². The van der Waals surface area contributed by atoms with Crippen molar-refractivity contribution in [3.05, 3.63) is 100.0 Å². The number of aliphatic hydroxyl groups excluding tert-OH is 1. The molecule has 0 saturated carbocycles. The number of piperidine rings is 1. The van der Waals surface area contributed by atoms with Crippen LogP contribution >= 0.6 is 0 Å². The first-order chi connectivity index (χ1) is 21.0. The number of urea groups is 1. The number of aromatic nitrogens is 2. The lowest BCUT2D eigenvalue weighted by Gasteiger charge is -2.40. The molecule has 1 aromatic heterocycles. The number of H-pyrrole nitrogens is 1. The second-order valence-electron chi connectivity index (χ2n) is 11.3. The summed E-state index contributed by atoms with van der Waals surface area (Å²) in [6.45, 7) is 4.88. The average Bonchev–Trinajstić information content (AvgIpc) is 3.37. The zero-order chi connectivity index (χ0) is 29.8. The normalized spacial score (nSPS) is 21.6. The maximum Gasteiger partial charge on any atom is 0.326 e. The lowest BCUT2D eigenvalue weighted by molar-refractivity contribution is -0.253. The van der Waals surface area contributed by atoms with E-state index in [0.717, 1.165) is 60.2 Å². The van der Waals surface area contributed by atoms with Crippen LogP contribution in [-0.4, -0.2) is 57.9 Å². The van der Waals surface area contributed by atoms with Crippen LogP contribution in [0.2, 0.25) is 0 Å². The number of benzene rings is 3. The number of imidazole rings is 1. The summed E-state index contributed by atoms with van der Waals surface area (Å²) in [5, 5.41) is 15.1. The SMILES string of the molecule is CCNC(=O)Nc1cccc(C2OC(CN3CCC(n4c(=O)[nH]c5ccccc54)CC3)CC(c3ccc(CO)cc3)O2)c1. The predicted molar refractivity (Wildman–Crippen MR) is 165 cm³/mol. The highest BCUT2D eigenvalue weighted by Crippen LogP contribution is 2.39. The number of amides is 2. The molecule has 2 aliphatic rings. The third-order valence-corrected chi connectivity index (χ3v) is 8.38. The van der Waals surface area contributed by atoms with Crippen molar-refractivity contribution in [1.29, 1.82) is 0 Å². The quantitative estimate of drug-likeness (QED) is 0.235. The zero-order valence-corrected chi connectivity index (χ0v) is 24.4. The number of nitrogens with zero attached hydrogens (tertiary/aromatic N) is 2. The van der Waals surface area contributed by atoms with Crippen LogP contribution in [0.3, 0.4) is 0 Å². The van der Waals surface area contributed by atoms with E-state index >= 15 is 0 Å². The molecule has 0 radical (unpaired) electrons. The summed E-state index contributed by atoms with van der Waals surface area (Å²) in [5.74, 6) is 0. The summed E-state index contributed by atoms with van der Waals surface area (Å²) >= 11 is 0. The van der Waals surface area contributed by atoms with E-state index in [1.807, 2.05) is 84.3 Å². The Kier molecular flexibility index (Phi) is 8.90. The minimum absolute atomic E-state index is 0.00775. The molecular weight excluding hydrogens is 546 g/mol. The Balaban J connectivity index is 1.17. The Morgan fingerprint density at radius 3 is 2.56 bits per heavy atom. The van der Waals surface area contributed by atoms with Crippen molar-refractivity contribution >= 4 is 22.8 Å². The maximum absolute atomic E-state index is 12.8. The van der Waals surface area contributed by atoms with Crippen LogP contribution in [0.5, 0.6) is 0 Å². The summed E-state index contributed by atoms with van der Waals surface area (Å²) < 4.78 is 15.0. The number of carbonyl (C=O) groups is 1. The molecule has 3 unspecified atom stereocenters. The largest absolute Gasteiger partial charge is 0.392 e. The number of hydrogen-bond acceptors (Lipinski definition) is 6. The van der Waals surface area contributed by atoms with E-state index in [1.54, 1.807) is 0 Å². The number of anilines is 1. The lowest BCUT2D eigenvalue weighted by atomic mass is 9.98. The smallest absolute Gasteiger partial charge is 0.326 e. The number of likely N-dealkylation sites (tertiary alicyclic amines) is 1. The summed E-state index contributed by atoms with van der Waals surface area (Å²) in [5.41, 5.74) is 5.16. The molecule has 6 rings (SSSR count). The van der Waals surface area contributed by atoms with Gasteiger partial charge in [0, 0.05) is 49.9 Å². The van der Waals surface area contributed by atoms with Crippen LogP contribution in [0.1, 0.15) is 61.3 Å². The summed E-state index contributed by atoms with van der Waals surface area (Å²) in [6.07, 6.45) is 1.56. The van der Waals surface area contributed by atoms with Gasteiger partial charge in [-0.25, -0.2) is 9.59 Å². The van der Waals surface area contributed by atoms with Crippen molar-refractivity contribution in [2.45, 2.75) is 57.3 Å². The van der Waals surface area contributed by atoms with Crippen molar-refractivity contribution in [2.24, 2.45) is 0 Å². The van der Waals surface area contributed by atoms with Crippen LogP contribution in [0.25, 0.3) is 11.0 Å². The minimum Gasteiger partial charge on any atom is -0.392 e. The standard InChI is InChI=1S/C33H39N5O5/c1-2-34-32(40)35-25-7-5-6-24(18-25)31-42-27(19-30(43-31)23-12-10-22(21-39)11-13-23)20-37-16-14-26(15-17-37)38-29-9-4-3-8-28(29)36-33(38)41/h3-13,18,26-27,30-31,39H,2,14-17,19-21H2,1H3,(H,36,41)(H2,34,35,40). The number of rotatable bonds is 8. The molecule has 10 heteroatoms. The van der Waals surface area contributed by atoms with E-state index in [4.69, 9.17) is 9.47 Å². The molecule has 10 nitrogen and oxygen atoms in total. The molecule has 4 N–H and O–H groups in total. The highest BCUT2D eigenvalue weighted by molar-refractivity contribution is 5.89. The van der Waals surface area contributed by atoms with Crippen LogP contribution in [0.15, 0.2) is 77.6 Å². The van der Waals surface area contributed by atoms with E-state index in [0.29, 0.717) is 18.7 Å². The van der Waals surface area contributed by atoms with E-state index < -0.39 is 6.29 Å². The second kappa shape index (κ2) is 13.1. The van der Waals surface area contributed by atoms with Gasteiger partial charge in [0.1, 0.15) is 0 Å². The number of aromatic amines is 1. The van der Waals surface area contributed by atoms with Gasteiger partial charge < -0.3 is 35.1 Å². The predicted octanol–water partition coefficient (Wildman–Crippen LogP) is 4.85. The van der Waals surface area contributed by atoms with Crippen LogP contribution in [0, 0.1) is 0 Å². The molecule has 3 heterocycles. The fourth-order valence-corrected chi connectivity index (χ4v) is 6.22. The van der Waals surface area contributed by atoms with Crippen LogP contribution in [-0.2, 0) is 16.1 Å². The van der Waals surface area contributed by atoms with E-state index in [-0.39, 0.29) is 36.6 Å². The Bertz CT molecular complexity index is 1590. The minimum atomic E-state index is -0.611. The van der Waals surface area contributed by atoms with Gasteiger partial charge in [-0.1, -0.05) is 48.5 Å². The van der Waals surface area contributed by atoms with Crippen LogP contribution in [0.4, 0.5) is 10.5 Å². The monoisotopic (exact) mass is 585 g/mol. The van der Waals surface area contributed by atoms with Gasteiger partial charge in [-0.15, -0.1) is 0 Å². The fourth-order valence-electron chi connectivity index (χ4n) is 6.22. The van der Waals surface area contributed by atoms with Gasteiger partial charge in [0.2, 0.25) is 0 Å². The Morgan fingerprint density at radius 2 is 1.79 bits per heavy atom. The molecule has 2 fully saturated rings. The van der Waals surface area contributed by atoms with Crippen LogP contribution < -0.4 is 16.3 Å².